The monoisotopic (exact) mass is 321 g/mol. The first-order chi connectivity index (χ1) is 10.9. The number of benzene rings is 1. The quantitative estimate of drug-likeness (QED) is 0.865. The van der Waals surface area contributed by atoms with Crippen LogP contribution in [0.1, 0.15) is 18.9 Å². The summed E-state index contributed by atoms with van der Waals surface area (Å²) in [6.45, 7) is 6.30. The molecule has 0 bridgehead atoms. The highest BCUT2D eigenvalue weighted by molar-refractivity contribution is 6.00. The molecule has 1 saturated heterocycles. The second-order valence-corrected chi connectivity index (χ2v) is 6.05. The zero-order valence-corrected chi connectivity index (χ0v) is 13.9. The molecule has 1 heterocycles. The summed E-state index contributed by atoms with van der Waals surface area (Å²) in [5.41, 5.74) is 1.05. The Labute approximate surface area is 136 Å². The van der Waals surface area contributed by atoms with Gasteiger partial charge in [-0.2, -0.15) is 0 Å². The summed E-state index contributed by atoms with van der Waals surface area (Å²) in [6.07, 6.45) is 0.128. The molecule has 1 N–H and O–H groups in total. The van der Waals surface area contributed by atoms with E-state index in [1.54, 1.807) is 19.1 Å². The number of carbonyl (C=O) groups excluding carboxylic acids is 2. The summed E-state index contributed by atoms with van der Waals surface area (Å²) < 4.78 is 14.0. The van der Waals surface area contributed by atoms with Crippen molar-refractivity contribution in [3.05, 3.63) is 29.6 Å². The van der Waals surface area contributed by atoms with Gasteiger partial charge in [-0.3, -0.25) is 9.59 Å². The van der Waals surface area contributed by atoms with Crippen LogP contribution >= 0.6 is 0 Å². The van der Waals surface area contributed by atoms with Gasteiger partial charge in [0.15, 0.2) is 0 Å². The molecule has 23 heavy (non-hydrogen) atoms. The van der Waals surface area contributed by atoms with Crippen LogP contribution in [0.5, 0.6) is 0 Å². The van der Waals surface area contributed by atoms with E-state index in [-0.39, 0.29) is 30.5 Å². The van der Waals surface area contributed by atoms with Gasteiger partial charge in [-0.1, -0.05) is 13.0 Å². The number of carbonyl (C=O) groups is 2. The predicted molar refractivity (Wildman–Crippen MR) is 87.8 cm³/mol. The van der Waals surface area contributed by atoms with Gasteiger partial charge in [0, 0.05) is 26.1 Å². The van der Waals surface area contributed by atoms with Gasteiger partial charge >= 0.3 is 0 Å². The minimum Gasteiger partial charge on any atom is -0.355 e. The third-order valence-electron chi connectivity index (χ3n) is 4.22. The highest BCUT2D eigenvalue weighted by atomic mass is 19.1. The molecule has 126 valence electrons. The van der Waals surface area contributed by atoms with Gasteiger partial charge in [-0.25, -0.2) is 4.39 Å². The number of rotatable bonds is 6. The fraction of sp³-hybridized carbons (Fsp3) is 0.529. The third-order valence-corrected chi connectivity index (χ3v) is 4.22. The Hall–Kier alpha value is -1.95. The minimum absolute atomic E-state index is 0.128. The molecule has 1 aliphatic rings. The summed E-state index contributed by atoms with van der Waals surface area (Å²) in [5, 5.41) is 2.85. The van der Waals surface area contributed by atoms with Crippen LogP contribution in [0, 0.1) is 18.7 Å². The van der Waals surface area contributed by atoms with Crippen molar-refractivity contribution in [3.8, 4) is 0 Å². The van der Waals surface area contributed by atoms with Crippen LogP contribution in [0.4, 0.5) is 10.1 Å². The van der Waals surface area contributed by atoms with Crippen LogP contribution in [0.2, 0.25) is 0 Å². The van der Waals surface area contributed by atoms with Crippen molar-refractivity contribution in [3.63, 3.8) is 0 Å². The number of nitrogens with one attached hydrogen (secondary N) is 1. The van der Waals surface area contributed by atoms with E-state index in [9.17, 15) is 14.0 Å². The topological polar surface area (TPSA) is 52.7 Å². The summed E-state index contributed by atoms with van der Waals surface area (Å²) in [5.74, 6) is -1.20. The van der Waals surface area contributed by atoms with Crippen molar-refractivity contribution in [1.29, 1.82) is 0 Å². The maximum atomic E-state index is 14.0. The Balaban J connectivity index is 1.95. The maximum absolute atomic E-state index is 14.0. The first-order valence-corrected chi connectivity index (χ1v) is 7.95. The zero-order valence-electron chi connectivity index (χ0n) is 13.9. The number of halogens is 1. The lowest BCUT2D eigenvalue weighted by atomic mass is 10.1. The van der Waals surface area contributed by atoms with Crippen LogP contribution in [0.3, 0.4) is 0 Å². The zero-order chi connectivity index (χ0) is 17.0. The molecular weight excluding hydrogens is 297 g/mol. The van der Waals surface area contributed by atoms with Gasteiger partial charge in [0.1, 0.15) is 5.82 Å². The molecular formula is C17H24FN3O2. The molecule has 1 aromatic carbocycles. The number of amides is 2. The van der Waals surface area contributed by atoms with E-state index in [2.05, 4.69) is 10.2 Å². The Kier molecular flexibility index (Phi) is 5.71. The normalized spacial score (nSPS) is 17.9. The highest BCUT2D eigenvalue weighted by Crippen LogP contribution is 2.28. The lowest BCUT2D eigenvalue weighted by molar-refractivity contribution is -0.126. The predicted octanol–water partition coefficient (Wildman–Crippen LogP) is 1.55. The first-order valence-electron chi connectivity index (χ1n) is 7.95. The summed E-state index contributed by atoms with van der Waals surface area (Å²) in [7, 11) is 1.98. The average Bonchev–Trinajstić information content (AvgIpc) is 2.89. The van der Waals surface area contributed by atoms with Crippen molar-refractivity contribution >= 4 is 17.5 Å². The van der Waals surface area contributed by atoms with E-state index in [0.29, 0.717) is 6.54 Å². The number of anilines is 1. The van der Waals surface area contributed by atoms with Gasteiger partial charge in [-0.05, 0) is 38.2 Å². The molecule has 0 aromatic heterocycles. The molecule has 0 unspecified atom stereocenters. The molecule has 0 spiro atoms. The minimum atomic E-state index is -0.427. The molecule has 2 rings (SSSR count). The van der Waals surface area contributed by atoms with E-state index < -0.39 is 11.7 Å². The van der Waals surface area contributed by atoms with Gasteiger partial charge in [0.25, 0.3) is 0 Å². The largest absolute Gasteiger partial charge is 0.355 e. The second-order valence-electron chi connectivity index (χ2n) is 6.05. The fourth-order valence-electron chi connectivity index (χ4n) is 2.62. The first kappa shape index (κ1) is 17.4. The summed E-state index contributed by atoms with van der Waals surface area (Å²) >= 11 is 0. The molecule has 1 fully saturated rings. The molecule has 0 saturated carbocycles. The number of aryl methyl sites for hydroxylation is 1. The van der Waals surface area contributed by atoms with E-state index in [1.165, 1.54) is 11.0 Å². The highest BCUT2D eigenvalue weighted by Gasteiger charge is 2.36. The van der Waals surface area contributed by atoms with Crippen molar-refractivity contribution < 1.29 is 14.0 Å². The SMILES string of the molecule is CCN(C)CCNC(=O)[C@H]1CC(=O)N(c2ccc(C)cc2F)C1. The van der Waals surface area contributed by atoms with E-state index in [1.807, 2.05) is 14.0 Å². The number of likely N-dealkylation sites (N-methyl/N-ethyl adjacent to an activating group) is 1. The van der Waals surface area contributed by atoms with Crippen LogP contribution in [-0.4, -0.2) is 49.9 Å². The molecule has 0 radical (unpaired) electrons. The molecule has 5 nitrogen and oxygen atoms in total. The number of hydrogen-bond donors (Lipinski definition) is 1. The van der Waals surface area contributed by atoms with Crippen molar-refractivity contribution in [2.75, 3.05) is 38.1 Å². The molecule has 1 atom stereocenters. The standard InChI is InChI=1S/C17H24FN3O2/c1-4-20(3)8-7-19-17(23)13-10-16(22)21(11-13)15-6-5-12(2)9-14(15)18/h5-6,9,13H,4,7-8,10-11H2,1-3H3,(H,19,23)/t13-/m0/s1. The Morgan fingerprint density at radius 1 is 1.48 bits per heavy atom. The molecule has 1 aromatic rings. The van der Waals surface area contributed by atoms with Crippen LogP contribution in [-0.2, 0) is 9.59 Å². The number of hydrogen-bond acceptors (Lipinski definition) is 3. The van der Waals surface area contributed by atoms with Gasteiger partial charge in [0.05, 0.1) is 11.6 Å². The van der Waals surface area contributed by atoms with E-state index in [4.69, 9.17) is 0 Å². The van der Waals surface area contributed by atoms with Crippen LogP contribution in [0.25, 0.3) is 0 Å². The smallest absolute Gasteiger partial charge is 0.227 e. The van der Waals surface area contributed by atoms with Gasteiger partial charge in [0.2, 0.25) is 11.8 Å². The summed E-state index contributed by atoms with van der Waals surface area (Å²) in [4.78, 5) is 27.8. The average molecular weight is 321 g/mol. The van der Waals surface area contributed by atoms with Crippen molar-refractivity contribution in [1.82, 2.24) is 10.2 Å². The Morgan fingerprint density at radius 2 is 2.22 bits per heavy atom. The van der Waals surface area contributed by atoms with Gasteiger partial charge < -0.3 is 15.1 Å². The number of nitrogens with zero attached hydrogens (tertiary/aromatic N) is 2. The van der Waals surface area contributed by atoms with Crippen molar-refractivity contribution in [2.24, 2.45) is 5.92 Å². The van der Waals surface area contributed by atoms with E-state index >= 15 is 0 Å². The molecule has 6 heteroatoms. The Bertz CT molecular complexity index is 591. The van der Waals surface area contributed by atoms with Crippen LogP contribution < -0.4 is 10.2 Å². The van der Waals surface area contributed by atoms with Crippen molar-refractivity contribution in [2.45, 2.75) is 20.3 Å². The third kappa shape index (κ3) is 4.28. The summed E-state index contributed by atoms with van der Waals surface area (Å²) in [6, 6.07) is 4.76. The maximum Gasteiger partial charge on any atom is 0.227 e. The molecule has 1 aliphatic heterocycles. The van der Waals surface area contributed by atoms with Gasteiger partial charge in [-0.15, -0.1) is 0 Å². The molecule has 2 amide bonds. The lowest BCUT2D eigenvalue weighted by Gasteiger charge is -2.18. The second kappa shape index (κ2) is 7.55. The van der Waals surface area contributed by atoms with Crippen LogP contribution in [0.15, 0.2) is 18.2 Å². The lowest BCUT2D eigenvalue weighted by Crippen LogP contribution is -2.37. The Morgan fingerprint density at radius 3 is 2.87 bits per heavy atom. The molecule has 0 aliphatic carbocycles. The van der Waals surface area contributed by atoms with E-state index in [0.717, 1.165) is 18.7 Å². The fourth-order valence-corrected chi connectivity index (χ4v) is 2.62.